The van der Waals surface area contributed by atoms with Gasteiger partial charge in [-0.05, 0) is 43.2 Å². The highest BCUT2D eigenvalue weighted by atomic mass is 32.5. The van der Waals surface area contributed by atoms with Crippen LogP contribution in [0.4, 0.5) is 42.7 Å². The van der Waals surface area contributed by atoms with E-state index in [1.54, 1.807) is 0 Å². The summed E-state index contributed by atoms with van der Waals surface area (Å²) in [6, 6.07) is -0.930. The lowest BCUT2D eigenvalue weighted by Gasteiger charge is -2.41. The summed E-state index contributed by atoms with van der Waals surface area (Å²) in [6.45, 7) is -1.16. The second kappa shape index (κ2) is 9.96. The van der Waals surface area contributed by atoms with Crippen molar-refractivity contribution in [1.82, 2.24) is 15.2 Å². The molecule has 230 valence electrons. The van der Waals surface area contributed by atoms with Crippen LogP contribution in [-0.4, -0.2) is 52.2 Å². The maximum absolute atomic E-state index is 14.3. The van der Waals surface area contributed by atoms with E-state index in [1.807, 2.05) is 0 Å². The van der Waals surface area contributed by atoms with Gasteiger partial charge in [-0.25, -0.2) is 17.6 Å². The number of rotatable bonds is 7. The van der Waals surface area contributed by atoms with Crippen molar-refractivity contribution < 1.29 is 46.6 Å². The van der Waals surface area contributed by atoms with E-state index < -0.39 is 88.4 Å². The molecule has 2 fully saturated rings. The Labute approximate surface area is 234 Å². The first-order chi connectivity index (χ1) is 19.2. The van der Waals surface area contributed by atoms with Crippen LogP contribution >= 0.6 is 10.2 Å². The fraction of sp³-hybridized carbons (Fsp3) is 0.440. The smallest absolute Gasteiger partial charge is 0.310 e. The zero-order chi connectivity index (χ0) is 31.2. The van der Waals surface area contributed by atoms with Gasteiger partial charge in [-0.1, -0.05) is 25.5 Å². The van der Waals surface area contributed by atoms with Crippen LogP contribution in [0.2, 0.25) is 0 Å². The van der Waals surface area contributed by atoms with Crippen LogP contribution in [0.3, 0.4) is 0 Å². The third-order valence-corrected chi connectivity index (χ3v) is 8.21. The Morgan fingerprint density at radius 3 is 2.17 bits per heavy atom. The van der Waals surface area contributed by atoms with Gasteiger partial charge in [-0.2, -0.15) is 5.26 Å². The minimum absolute atomic E-state index is 0.0100. The Kier molecular flexibility index (Phi) is 7.41. The standard InChI is InChI=1S/C25H24F9N5O2S/c26-24(27)9-7-17(8-10-24)37-22(40)21(16-2-1-11-36-13-16)39(23(41)20-12-25(28,29)14-38(20)15-35)18-3-5-19(6-4-18)42(30,31,32,33)34/h1-6,11,13,17,20-21H,7-10,12,14H2,(H,37,40)/t20-,21?/m1/s1. The molecule has 4 rings (SSSR count). The molecular formula is C25H24F9N5O2S. The molecule has 0 bridgehead atoms. The largest absolute Gasteiger partial charge is 0.351 e. The Balaban J connectivity index is 1.81. The minimum Gasteiger partial charge on any atom is -0.351 e. The van der Waals surface area contributed by atoms with E-state index in [4.69, 9.17) is 0 Å². The molecule has 2 aromatic rings. The van der Waals surface area contributed by atoms with Gasteiger partial charge in [0.2, 0.25) is 11.8 Å². The maximum Gasteiger partial charge on any atom is 0.310 e. The van der Waals surface area contributed by atoms with Gasteiger partial charge in [0, 0.05) is 48.9 Å². The molecule has 2 amide bonds. The summed E-state index contributed by atoms with van der Waals surface area (Å²) in [5.41, 5.74) is -0.618. The van der Waals surface area contributed by atoms with Gasteiger partial charge in [0.25, 0.3) is 11.8 Å². The second-order valence-corrected chi connectivity index (χ2v) is 12.7. The van der Waals surface area contributed by atoms with E-state index in [0.717, 1.165) is 6.20 Å². The number of benzene rings is 1. The van der Waals surface area contributed by atoms with Crippen molar-refractivity contribution in [3.8, 4) is 6.19 Å². The first-order valence-electron chi connectivity index (χ1n) is 12.5. The molecule has 1 aromatic heterocycles. The zero-order valence-electron chi connectivity index (χ0n) is 21.5. The number of hydrogen-bond acceptors (Lipinski definition) is 5. The number of carbonyl (C=O) groups excluding carboxylic acids is 2. The number of nitrogens with zero attached hydrogens (tertiary/aromatic N) is 4. The molecule has 1 saturated carbocycles. The van der Waals surface area contributed by atoms with E-state index in [2.05, 4.69) is 10.3 Å². The maximum atomic E-state index is 14.3. The van der Waals surface area contributed by atoms with E-state index in [1.165, 1.54) is 24.5 Å². The van der Waals surface area contributed by atoms with Crippen molar-refractivity contribution in [2.75, 3.05) is 11.4 Å². The van der Waals surface area contributed by atoms with Gasteiger partial charge >= 0.3 is 10.2 Å². The summed E-state index contributed by atoms with van der Waals surface area (Å²) in [7, 11) is -10.2. The fourth-order valence-corrected chi connectivity index (χ4v) is 5.64. The molecule has 42 heavy (non-hydrogen) atoms. The molecule has 1 aromatic carbocycles. The average Bonchev–Trinajstić information content (AvgIpc) is 3.22. The molecule has 1 aliphatic carbocycles. The summed E-state index contributed by atoms with van der Waals surface area (Å²) >= 11 is 0. The number of anilines is 1. The summed E-state index contributed by atoms with van der Waals surface area (Å²) < 4.78 is 123. The number of pyridine rings is 1. The van der Waals surface area contributed by atoms with E-state index >= 15 is 0 Å². The number of carbonyl (C=O) groups is 2. The topological polar surface area (TPSA) is 89.3 Å². The SMILES string of the molecule is N#CN1CC(F)(F)C[C@@H]1C(=O)N(c1ccc(S(F)(F)(F)(F)F)cc1)C(C(=O)NC1CCC(F)(F)CC1)c1cccnc1. The predicted octanol–water partition coefficient (Wildman–Crippen LogP) is 6.70. The predicted molar refractivity (Wildman–Crippen MR) is 133 cm³/mol. The highest BCUT2D eigenvalue weighted by Gasteiger charge is 2.65. The van der Waals surface area contributed by atoms with Crippen LogP contribution in [0.1, 0.15) is 43.7 Å². The van der Waals surface area contributed by atoms with Crippen LogP contribution in [0.25, 0.3) is 0 Å². The molecule has 2 heterocycles. The monoisotopic (exact) mass is 629 g/mol. The fourth-order valence-electron chi connectivity index (χ4n) is 4.99. The number of nitriles is 1. The lowest BCUT2D eigenvalue weighted by molar-refractivity contribution is -0.129. The Morgan fingerprint density at radius 2 is 1.64 bits per heavy atom. The first-order valence-corrected chi connectivity index (χ1v) is 14.4. The van der Waals surface area contributed by atoms with E-state index in [0.29, 0.717) is 21.9 Å². The van der Waals surface area contributed by atoms with Crippen molar-refractivity contribution in [1.29, 1.82) is 5.26 Å². The highest BCUT2D eigenvalue weighted by Crippen LogP contribution is 3.02. The molecule has 1 N–H and O–H groups in total. The second-order valence-electron chi connectivity index (χ2n) is 10.3. The van der Waals surface area contributed by atoms with E-state index in [9.17, 15) is 51.8 Å². The molecule has 7 nitrogen and oxygen atoms in total. The number of aromatic nitrogens is 1. The van der Waals surface area contributed by atoms with Crippen LogP contribution in [-0.2, 0) is 9.59 Å². The first kappa shape index (κ1) is 31.3. The molecule has 1 unspecified atom stereocenters. The Hall–Kier alpha value is -3.68. The lowest BCUT2D eigenvalue weighted by atomic mass is 9.91. The summed E-state index contributed by atoms with van der Waals surface area (Å²) in [5, 5.41) is 11.9. The number of nitrogens with one attached hydrogen (secondary N) is 1. The number of alkyl halides is 4. The van der Waals surface area contributed by atoms with Crippen LogP contribution in [0, 0.1) is 11.5 Å². The summed E-state index contributed by atoms with van der Waals surface area (Å²) in [4.78, 5) is 30.1. The molecule has 2 aliphatic rings. The highest BCUT2D eigenvalue weighted by molar-refractivity contribution is 8.45. The van der Waals surface area contributed by atoms with Gasteiger partial charge in [-0.3, -0.25) is 24.4 Å². The molecule has 0 radical (unpaired) electrons. The Bertz CT molecular complexity index is 1380. The van der Waals surface area contributed by atoms with Gasteiger partial charge < -0.3 is 5.32 Å². The minimum atomic E-state index is -10.2. The molecule has 2 atom stereocenters. The van der Waals surface area contributed by atoms with Crippen molar-refractivity contribution in [3.05, 3.63) is 54.4 Å². The van der Waals surface area contributed by atoms with Crippen molar-refractivity contribution in [2.45, 2.75) is 67.0 Å². The van der Waals surface area contributed by atoms with Crippen LogP contribution < -0.4 is 10.2 Å². The zero-order valence-corrected chi connectivity index (χ0v) is 22.3. The molecule has 1 saturated heterocycles. The summed E-state index contributed by atoms with van der Waals surface area (Å²) in [5.74, 6) is -8.80. The normalized spacial score (nSPS) is 22.8. The van der Waals surface area contributed by atoms with Crippen molar-refractivity contribution in [3.63, 3.8) is 0 Å². The van der Waals surface area contributed by atoms with Crippen molar-refractivity contribution >= 4 is 27.7 Å². The summed E-state index contributed by atoms with van der Waals surface area (Å²) in [6.07, 6.45) is 1.25. The van der Waals surface area contributed by atoms with Gasteiger partial charge in [0.05, 0.1) is 6.54 Å². The van der Waals surface area contributed by atoms with Crippen LogP contribution in [0.15, 0.2) is 53.7 Å². The third-order valence-electron chi connectivity index (χ3n) is 7.05. The number of amides is 2. The van der Waals surface area contributed by atoms with Gasteiger partial charge in [0.15, 0.2) is 6.19 Å². The number of likely N-dealkylation sites (tertiary alicyclic amines) is 1. The molecule has 17 heteroatoms. The van der Waals surface area contributed by atoms with Crippen molar-refractivity contribution in [2.24, 2.45) is 0 Å². The quantitative estimate of drug-likeness (QED) is 0.272. The third kappa shape index (κ3) is 7.02. The average molecular weight is 630 g/mol. The molecular weight excluding hydrogens is 605 g/mol. The molecule has 0 spiro atoms. The molecule has 1 aliphatic heterocycles. The lowest BCUT2D eigenvalue weighted by Crippen LogP contribution is -2.52. The van der Waals surface area contributed by atoms with E-state index in [-0.39, 0.29) is 30.5 Å². The Morgan fingerprint density at radius 1 is 1.02 bits per heavy atom. The van der Waals surface area contributed by atoms with Crippen LogP contribution in [0.5, 0.6) is 0 Å². The number of halogens is 9. The van der Waals surface area contributed by atoms with Gasteiger partial charge in [0.1, 0.15) is 17.0 Å². The van der Waals surface area contributed by atoms with Gasteiger partial charge in [-0.15, -0.1) is 0 Å². The number of hydrogen-bond donors (Lipinski definition) is 1.